The second kappa shape index (κ2) is 8.80. The third-order valence-corrected chi connectivity index (χ3v) is 4.34. The first-order chi connectivity index (χ1) is 13.1. The van der Waals surface area contributed by atoms with Crippen LogP contribution in [0.25, 0.3) is 0 Å². The molecule has 0 unspecified atom stereocenters. The van der Waals surface area contributed by atoms with E-state index in [1.54, 1.807) is 4.90 Å². The number of ether oxygens (including phenoxy) is 3. The van der Waals surface area contributed by atoms with Gasteiger partial charge in [-0.1, -0.05) is 32.0 Å². The Bertz CT molecular complexity index is 788. The van der Waals surface area contributed by atoms with E-state index < -0.39 is 0 Å². The second-order valence-corrected chi connectivity index (χ2v) is 6.99. The molecule has 3 rings (SSSR count). The predicted molar refractivity (Wildman–Crippen MR) is 105 cm³/mol. The average Bonchev–Trinajstić information content (AvgIpc) is 2.70. The molecule has 0 bridgehead atoms. The number of rotatable bonds is 7. The Balaban J connectivity index is 1.76. The highest BCUT2D eigenvalue weighted by molar-refractivity contribution is 5.94. The van der Waals surface area contributed by atoms with E-state index in [0.717, 1.165) is 22.8 Å². The van der Waals surface area contributed by atoms with Gasteiger partial charge in [-0.2, -0.15) is 0 Å². The number of benzene rings is 2. The Hall–Kier alpha value is -2.69. The van der Waals surface area contributed by atoms with Gasteiger partial charge >= 0.3 is 0 Å². The normalized spacial score (nSPS) is 12.7. The van der Waals surface area contributed by atoms with Crippen LogP contribution in [0.5, 0.6) is 17.2 Å². The van der Waals surface area contributed by atoms with Crippen molar-refractivity contribution in [3.05, 3.63) is 53.6 Å². The third kappa shape index (κ3) is 4.73. The van der Waals surface area contributed by atoms with Gasteiger partial charge in [0.15, 0.2) is 11.5 Å². The molecule has 0 saturated carbocycles. The average molecular weight is 369 g/mol. The van der Waals surface area contributed by atoms with E-state index in [9.17, 15) is 4.79 Å². The van der Waals surface area contributed by atoms with Crippen LogP contribution in [0.3, 0.4) is 0 Å². The number of hydrogen-bond acceptors (Lipinski definition) is 4. The number of nitrogens with zero attached hydrogens (tertiary/aromatic N) is 1. The van der Waals surface area contributed by atoms with Crippen molar-refractivity contribution in [1.29, 1.82) is 0 Å². The number of hydrogen-bond donors (Lipinski definition) is 0. The first kappa shape index (κ1) is 19.1. The maximum atomic E-state index is 13.0. The van der Waals surface area contributed by atoms with Gasteiger partial charge in [-0.3, -0.25) is 4.79 Å². The molecule has 0 saturated heterocycles. The zero-order chi connectivity index (χ0) is 19.2. The van der Waals surface area contributed by atoms with Crippen LogP contribution in [0.2, 0.25) is 0 Å². The summed E-state index contributed by atoms with van der Waals surface area (Å²) in [4.78, 5) is 14.8. The minimum Gasteiger partial charge on any atom is -0.493 e. The summed E-state index contributed by atoms with van der Waals surface area (Å²) in [5.41, 5.74) is 1.58. The van der Waals surface area contributed by atoms with Crippen LogP contribution < -0.4 is 14.2 Å². The van der Waals surface area contributed by atoms with Crippen molar-refractivity contribution in [3.8, 4) is 17.2 Å². The molecule has 144 valence electrons. The molecule has 5 heteroatoms. The maximum absolute atomic E-state index is 13.0. The molecule has 5 nitrogen and oxygen atoms in total. The molecule has 1 amide bonds. The van der Waals surface area contributed by atoms with Crippen molar-refractivity contribution in [2.24, 2.45) is 5.92 Å². The van der Waals surface area contributed by atoms with Crippen LogP contribution in [0.1, 0.15) is 36.7 Å². The summed E-state index contributed by atoms with van der Waals surface area (Å²) in [6.45, 7) is 8.95. The van der Waals surface area contributed by atoms with Gasteiger partial charge in [-0.25, -0.2) is 0 Å². The number of para-hydroxylation sites is 1. The van der Waals surface area contributed by atoms with Crippen LogP contribution in [0, 0.1) is 5.92 Å². The van der Waals surface area contributed by atoms with E-state index in [1.807, 2.05) is 49.4 Å². The third-order valence-electron chi connectivity index (χ3n) is 4.34. The molecule has 1 aliphatic heterocycles. The highest BCUT2D eigenvalue weighted by atomic mass is 16.6. The summed E-state index contributed by atoms with van der Waals surface area (Å²) in [6.07, 6.45) is 0. The molecule has 0 radical (unpaired) electrons. The zero-order valence-corrected chi connectivity index (χ0v) is 16.2. The van der Waals surface area contributed by atoms with Crippen LogP contribution >= 0.6 is 0 Å². The molecular weight excluding hydrogens is 342 g/mol. The van der Waals surface area contributed by atoms with Crippen molar-refractivity contribution in [3.63, 3.8) is 0 Å². The van der Waals surface area contributed by atoms with Crippen molar-refractivity contribution < 1.29 is 19.0 Å². The zero-order valence-electron chi connectivity index (χ0n) is 16.2. The molecule has 0 spiro atoms. The van der Waals surface area contributed by atoms with Gasteiger partial charge in [0.2, 0.25) is 0 Å². The molecule has 0 N–H and O–H groups in total. The fourth-order valence-electron chi connectivity index (χ4n) is 2.96. The summed E-state index contributed by atoms with van der Waals surface area (Å²) >= 11 is 0. The quantitative estimate of drug-likeness (QED) is 0.735. The first-order valence-corrected chi connectivity index (χ1v) is 9.48. The molecule has 27 heavy (non-hydrogen) atoms. The molecule has 1 heterocycles. The summed E-state index contributed by atoms with van der Waals surface area (Å²) in [7, 11) is 0. The largest absolute Gasteiger partial charge is 0.493 e. The van der Waals surface area contributed by atoms with E-state index in [-0.39, 0.29) is 5.91 Å². The smallest absolute Gasteiger partial charge is 0.254 e. The Labute approximate surface area is 160 Å². The standard InChI is InChI=1S/C22H27NO4/c1-4-23(14-18-8-6-10-20-21(18)26-12-11-25-20)22(24)17-7-5-9-19(13-17)27-15-16(2)3/h5-10,13,16H,4,11-12,14-15H2,1-3H3. The highest BCUT2D eigenvalue weighted by Gasteiger charge is 2.20. The Morgan fingerprint density at radius 3 is 2.70 bits per heavy atom. The summed E-state index contributed by atoms with van der Waals surface area (Å²) in [5.74, 6) is 2.61. The number of amides is 1. The highest BCUT2D eigenvalue weighted by Crippen LogP contribution is 2.34. The van der Waals surface area contributed by atoms with Crippen molar-refractivity contribution in [2.75, 3.05) is 26.4 Å². The molecular formula is C22H27NO4. The Morgan fingerprint density at radius 2 is 1.93 bits per heavy atom. The van der Waals surface area contributed by atoms with E-state index in [1.165, 1.54) is 0 Å². The van der Waals surface area contributed by atoms with Crippen LogP contribution in [0.4, 0.5) is 0 Å². The number of carbonyl (C=O) groups excluding carboxylic acids is 1. The van der Waals surface area contributed by atoms with Crippen molar-refractivity contribution >= 4 is 5.91 Å². The van der Waals surface area contributed by atoms with Gasteiger partial charge in [0.25, 0.3) is 5.91 Å². The molecule has 2 aromatic rings. The van der Waals surface area contributed by atoms with Crippen LogP contribution in [0.15, 0.2) is 42.5 Å². The summed E-state index contributed by atoms with van der Waals surface area (Å²) in [6, 6.07) is 13.2. The van der Waals surface area contributed by atoms with Gasteiger partial charge in [0, 0.05) is 24.2 Å². The SMILES string of the molecule is CCN(Cc1cccc2c1OCCO2)C(=O)c1cccc(OCC(C)C)c1. The van der Waals surface area contributed by atoms with E-state index in [0.29, 0.717) is 44.4 Å². The fourth-order valence-corrected chi connectivity index (χ4v) is 2.96. The van der Waals surface area contributed by atoms with Gasteiger partial charge < -0.3 is 19.1 Å². The maximum Gasteiger partial charge on any atom is 0.254 e. The lowest BCUT2D eigenvalue weighted by atomic mass is 10.1. The van der Waals surface area contributed by atoms with Gasteiger partial charge in [0.05, 0.1) is 6.61 Å². The van der Waals surface area contributed by atoms with Crippen molar-refractivity contribution in [1.82, 2.24) is 4.90 Å². The lowest BCUT2D eigenvalue weighted by Crippen LogP contribution is -2.31. The monoisotopic (exact) mass is 369 g/mol. The fraction of sp³-hybridized carbons (Fsp3) is 0.409. The second-order valence-electron chi connectivity index (χ2n) is 6.99. The lowest BCUT2D eigenvalue weighted by molar-refractivity contribution is 0.0748. The van der Waals surface area contributed by atoms with Gasteiger partial charge in [-0.05, 0) is 37.1 Å². The van der Waals surface area contributed by atoms with Crippen LogP contribution in [-0.4, -0.2) is 37.2 Å². The number of fused-ring (bicyclic) bond motifs is 1. The minimum atomic E-state index is -0.0261. The Morgan fingerprint density at radius 1 is 1.15 bits per heavy atom. The van der Waals surface area contributed by atoms with Crippen molar-refractivity contribution in [2.45, 2.75) is 27.3 Å². The molecule has 0 fully saturated rings. The topological polar surface area (TPSA) is 48.0 Å². The molecule has 0 aliphatic carbocycles. The minimum absolute atomic E-state index is 0.0261. The predicted octanol–water partition coefficient (Wildman–Crippen LogP) is 4.15. The number of carbonyl (C=O) groups is 1. The molecule has 0 atom stereocenters. The molecule has 0 aromatic heterocycles. The van der Waals surface area contributed by atoms with E-state index in [2.05, 4.69) is 13.8 Å². The Kier molecular flexibility index (Phi) is 6.22. The first-order valence-electron chi connectivity index (χ1n) is 9.48. The van der Waals surface area contributed by atoms with E-state index in [4.69, 9.17) is 14.2 Å². The molecule has 1 aliphatic rings. The van der Waals surface area contributed by atoms with E-state index >= 15 is 0 Å². The summed E-state index contributed by atoms with van der Waals surface area (Å²) < 4.78 is 17.2. The lowest BCUT2D eigenvalue weighted by Gasteiger charge is -2.25. The van der Waals surface area contributed by atoms with Gasteiger partial charge in [0.1, 0.15) is 19.0 Å². The molecule has 2 aromatic carbocycles. The van der Waals surface area contributed by atoms with Crippen LogP contribution in [-0.2, 0) is 6.54 Å². The van der Waals surface area contributed by atoms with Gasteiger partial charge in [-0.15, -0.1) is 0 Å². The summed E-state index contributed by atoms with van der Waals surface area (Å²) in [5, 5.41) is 0.